The van der Waals surface area contributed by atoms with Gasteiger partial charge in [-0.1, -0.05) is 72.3 Å². The molecule has 0 spiro atoms. The number of nitrogens with one attached hydrogen (secondary N) is 1. The van der Waals surface area contributed by atoms with Crippen molar-refractivity contribution in [2.45, 2.75) is 25.4 Å². The molecule has 3 aromatic carbocycles. The minimum atomic E-state index is 0. The molecular weight excluding hydrogens is 473 g/mol. The highest BCUT2D eigenvalue weighted by Gasteiger charge is 2.20. The Morgan fingerprint density at radius 2 is 1.52 bits per heavy atom. The first-order chi connectivity index (χ1) is 15.2. The molecule has 0 aliphatic carbocycles. The van der Waals surface area contributed by atoms with Crippen molar-refractivity contribution in [1.29, 1.82) is 0 Å². The molecule has 1 aliphatic heterocycles. The Kier molecular flexibility index (Phi) is 8.99. The van der Waals surface area contributed by atoms with E-state index in [0.717, 1.165) is 60.3 Å². The lowest BCUT2D eigenvalue weighted by molar-refractivity contribution is 0.211. The van der Waals surface area contributed by atoms with Gasteiger partial charge in [-0.2, -0.15) is 0 Å². The molecule has 0 radical (unpaired) electrons. The van der Waals surface area contributed by atoms with Crippen molar-refractivity contribution in [2.75, 3.05) is 18.4 Å². The Balaban J connectivity index is 0.00000153. The number of nitrogens with zero attached hydrogens (tertiary/aromatic N) is 2. The van der Waals surface area contributed by atoms with Crippen LogP contribution in [0.15, 0.2) is 84.9 Å². The molecular formula is C27H28Cl3N3. The van der Waals surface area contributed by atoms with Crippen molar-refractivity contribution < 1.29 is 0 Å². The van der Waals surface area contributed by atoms with E-state index in [0.29, 0.717) is 11.1 Å². The van der Waals surface area contributed by atoms with Gasteiger partial charge in [-0.15, -0.1) is 24.8 Å². The largest absolute Gasteiger partial charge is 0.382 e. The molecule has 6 heteroatoms. The molecule has 0 unspecified atom stereocenters. The quantitative estimate of drug-likeness (QED) is 0.308. The van der Waals surface area contributed by atoms with Gasteiger partial charge in [0.15, 0.2) is 0 Å². The highest BCUT2D eigenvalue weighted by molar-refractivity contribution is 6.31. The number of anilines is 1. The summed E-state index contributed by atoms with van der Waals surface area (Å²) in [6.07, 6.45) is 2.26. The van der Waals surface area contributed by atoms with E-state index < -0.39 is 0 Å². The van der Waals surface area contributed by atoms with E-state index in [9.17, 15) is 0 Å². The van der Waals surface area contributed by atoms with Gasteiger partial charge in [0.2, 0.25) is 0 Å². The monoisotopic (exact) mass is 499 g/mol. The van der Waals surface area contributed by atoms with Crippen molar-refractivity contribution in [2.24, 2.45) is 0 Å². The fraction of sp³-hybridized carbons (Fsp3) is 0.222. The number of piperidine rings is 1. The molecule has 3 nitrogen and oxygen atoms in total. The zero-order valence-electron chi connectivity index (χ0n) is 18.3. The third-order valence-electron chi connectivity index (χ3n) is 6.04. The topological polar surface area (TPSA) is 28.2 Å². The highest BCUT2D eigenvalue weighted by atomic mass is 35.5. The SMILES string of the molecule is Cl.Cl.Clc1ccc2c(NC3CCN(Cc4ccccc4)CC3)cc(-c3ccccc3)nc2c1. The van der Waals surface area contributed by atoms with Gasteiger partial charge in [-0.25, -0.2) is 4.98 Å². The first kappa shape index (κ1) is 25.3. The summed E-state index contributed by atoms with van der Waals surface area (Å²) < 4.78 is 0. The molecule has 0 bridgehead atoms. The maximum Gasteiger partial charge on any atom is 0.0745 e. The van der Waals surface area contributed by atoms with E-state index >= 15 is 0 Å². The molecule has 4 aromatic rings. The second-order valence-electron chi connectivity index (χ2n) is 8.26. The normalized spacial score (nSPS) is 14.3. The fourth-order valence-electron chi connectivity index (χ4n) is 4.37. The minimum Gasteiger partial charge on any atom is -0.382 e. The predicted octanol–water partition coefficient (Wildman–Crippen LogP) is 7.48. The van der Waals surface area contributed by atoms with E-state index in [2.05, 4.69) is 76.9 Å². The average molecular weight is 501 g/mol. The van der Waals surface area contributed by atoms with Crippen molar-refractivity contribution in [3.8, 4) is 11.3 Å². The number of aromatic nitrogens is 1. The maximum absolute atomic E-state index is 6.28. The molecule has 172 valence electrons. The molecule has 1 fully saturated rings. The van der Waals surface area contributed by atoms with Crippen LogP contribution in [0, 0.1) is 0 Å². The maximum atomic E-state index is 6.28. The Morgan fingerprint density at radius 1 is 0.848 bits per heavy atom. The number of rotatable bonds is 5. The molecule has 1 saturated heterocycles. The summed E-state index contributed by atoms with van der Waals surface area (Å²) in [6.45, 7) is 3.24. The third kappa shape index (κ3) is 6.18. The van der Waals surface area contributed by atoms with E-state index in [1.54, 1.807) is 0 Å². The number of hydrogen-bond donors (Lipinski definition) is 1. The second kappa shape index (κ2) is 11.7. The second-order valence-corrected chi connectivity index (χ2v) is 8.70. The van der Waals surface area contributed by atoms with Crippen LogP contribution in [0.25, 0.3) is 22.2 Å². The first-order valence-electron chi connectivity index (χ1n) is 10.9. The summed E-state index contributed by atoms with van der Waals surface area (Å²) in [6, 6.07) is 29.7. The highest BCUT2D eigenvalue weighted by Crippen LogP contribution is 2.31. The van der Waals surface area contributed by atoms with Crippen LogP contribution < -0.4 is 5.32 Å². The summed E-state index contributed by atoms with van der Waals surface area (Å²) in [7, 11) is 0. The predicted molar refractivity (Wildman–Crippen MR) is 145 cm³/mol. The average Bonchev–Trinajstić information content (AvgIpc) is 2.81. The molecule has 1 aliphatic rings. The smallest absolute Gasteiger partial charge is 0.0745 e. The Bertz CT molecular complexity index is 1160. The van der Waals surface area contributed by atoms with E-state index in [-0.39, 0.29) is 24.8 Å². The standard InChI is InChI=1S/C27H26ClN3.2ClH/c28-22-11-12-24-26(17-22)30-25(21-9-5-2-6-10-21)18-27(24)29-23-13-15-31(16-14-23)19-20-7-3-1-4-8-20;;/h1-12,17-18,23H,13-16,19H2,(H,29,30);2*1H. The number of halogens is 3. The van der Waals surface area contributed by atoms with Gasteiger partial charge in [0.05, 0.1) is 11.2 Å². The van der Waals surface area contributed by atoms with Crippen molar-refractivity contribution in [3.05, 3.63) is 95.5 Å². The van der Waals surface area contributed by atoms with E-state index in [4.69, 9.17) is 16.6 Å². The molecule has 5 rings (SSSR count). The minimum absolute atomic E-state index is 0. The molecule has 2 heterocycles. The number of fused-ring (bicyclic) bond motifs is 1. The zero-order chi connectivity index (χ0) is 21.0. The Hall–Kier alpha value is -2.30. The molecule has 0 atom stereocenters. The summed E-state index contributed by atoms with van der Waals surface area (Å²) in [4.78, 5) is 7.44. The summed E-state index contributed by atoms with van der Waals surface area (Å²) in [5.74, 6) is 0. The lowest BCUT2D eigenvalue weighted by atomic mass is 10.0. The summed E-state index contributed by atoms with van der Waals surface area (Å²) >= 11 is 6.28. The number of hydrogen-bond acceptors (Lipinski definition) is 3. The summed E-state index contributed by atoms with van der Waals surface area (Å²) in [5.41, 5.74) is 5.54. The van der Waals surface area contributed by atoms with Gasteiger partial charge in [0.1, 0.15) is 0 Å². The molecule has 33 heavy (non-hydrogen) atoms. The van der Waals surface area contributed by atoms with Crippen LogP contribution >= 0.6 is 36.4 Å². The van der Waals surface area contributed by atoms with E-state index in [1.165, 1.54) is 5.56 Å². The van der Waals surface area contributed by atoms with Crippen LogP contribution in [0.5, 0.6) is 0 Å². The van der Waals surface area contributed by atoms with Crippen molar-refractivity contribution >= 4 is 53.0 Å². The van der Waals surface area contributed by atoms with Crippen molar-refractivity contribution in [3.63, 3.8) is 0 Å². The molecule has 1 aromatic heterocycles. The Labute approximate surface area is 213 Å². The van der Waals surface area contributed by atoms with Gasteiger partial charge in [-0.3, -0.25) is 4.90 Å². The van der Waals surface area contributed by atoms with Gasteiger partial charge >= 0.3 is 0 Å². The molecule has 0 amide bonds. The lowest BCUT2D eigenvalue weighted by Crippen LogP contribution is -2.38. The van der Waals surface area contributed by atoms with Gasteiger partial charge in [0.25, 0.3) is 0 Å². The van der Waals surface area contributed by atoms with Crippen LogP contribution in [0.2, 0.25) is 5.02 Å². The van der Waals surface area contributed by atoms with E-state index in [1.807, 2.05) is 18.2 Å². The number of likely N-dealkylation sites (tertiary alicyclic amines) is 1. The summed E-state index contributed by atoms with van der Waals surface area (Å²) in [5, 5.41) is 5.66. The lowest BCUT2D eigenvalue weighted by Gasteiger charge is -2.33. The van der Waals surface area contributed by atoms with Gasteiger partial charge in [0, 0.05) is 47.3 Å². The van der Waals surface area contributed by atoms with Gasteiger partial charge < -0.3 is 5.32 Å². The van der Waals surface area contributed by atoms with Crippen LogP contribution in [0.1, 0.15) is 18.4 Å². The van der Waals surface area contributed by atoms with Crippen molar-refractivity contribution in [1.82, 2.24) is 9.88 Å². The van der Waals surface area contributed by atoms with Crippen LogP contribution in [0.3, 0.4) is 0 Å². The fourth-order valence-corrected chi connectivity index (χ4v) is 4.54. The van der Waals surface area contributed by atoms with Gasteiger partial charge in [-0.05, 0) is 42.7 Å². The Morgan fingerprint density at radius 3 is 2.21 bits per heavy atom. The van der Waals surface area contributed by atoms with Crippen LogP contribution in [-0.2, 0) is 6.54 Å². The zero-order valence-corrected chi connectivity index (χ0v) is 20.7. The molecule has 0 saturated carbocycles. The van der Waals surface area contributed by atoms with Crippen LogP contribution in [0.4, 0.5) is 5.69 Å². The first-order valence-corrected chi connectivity index (χ1v) is 11.3. The number of pyridine rings is 1. The van der Waals surface area contributed by atoms with Crippen LogP contribution in [-0.4, -0.2) is 29.0 Å². The third-order valence-corrected chi connectivity index (χ3v) is 6.27. The molecule has 1 N–H and O–H groups in total. The number of benzene rings is 3.